The van der Waals surface area contributed by atoms with Crippen molar-refractivity contribution in [1.82, 2.24) is 4.98 Å². The average Bonchev–Trinajstić information content (AvgIpc) is 2.44. The minimum Gasteiger partial charge on any atom is -0.305 e. The van der Waals surface area contributed by atoms with Gasteiger partial charge in [-0.25, -0.2) is 4.98 Å². The van der Waals surface area contributed by atoms with E-state index in [9.17, 15) is 9.59 Å². The first-order valence-corrected chi connectivity index (χ1v) is 6.14. The highest BCUT2D eigenvalue weighted by Gasteiger charge is 2.10. The smallest absolute Gasteiger partial charge is 0.256 e. The summed E-state index contributed by atoms with van der Waals surface area (Å²) < 4.78 is 0. The number of nitrogens with one attached hydrogen (secondary N) is 1. The zero-order valence-electron chi connectivity index (χ0n) is 9.63. The highest BCUT2D eigenvalue weighted by Crippen LogP contribution is 2.26. The van der Waals surface area contributed by atoms with Crippen LogP contribution in [0.3, 0.4) is 0 Å². The number of halogens is 1. The molecule has 0 aliphatic heterocycles. The Morgan fingerprint density at radius 1 is 1.26 bits per heavy atom. The van der Waals surface area contributed by atoms with Crippen molar-refractivity contribution in [2.75, 3.05) is 5.32 Å². The molecule has 1 amide bonds. The Hall–Kier alpha value is -1.85. The number of aromatic nitrogens is 1. The molecule has 0 bridgehead atoms. The first-order chi connectivity index (χ1) is 9.11. The van der Waals surface area contributed by atoms with Crippen molar-refractivity contribution in [3.63, 3.8) is 0 Å². The van der Waals surface area contributed by atoms with Gasteiger partial charge in [0, 0.05) is 22.2 Å². The first kappa shape index (κ1) is 13.6. The van der Waals surface area contributed by atoms with Crippen LogP contribution in [0.15, 0.2) is 41.4 Å². The third-order valence-electron chi connectivity index (χ3n) is 2.41. The van der Waals surface area contributed by atoms with Crippen molar-refractivity contribution >= 4 is 42.2 Å². The maximum absolute atomic E-state index is 12.0. The number of carbonyl (C=O) groups excluding carboxylic acids is 2. The topological polar surface area (TPSA) is 59.1 Å². The number of amides is 1. The summed E-state index contributed by atoms with van der Waals surface area (Å²) in [7, 11) is 0. The van der Waals surface area contributed by atoms with Crippen LogP contribution in [0.4, 0.5) is 5.82 Å². The van der Waals surface area contributed by atoms with Crippen molar-refractivity contribution in [3.05, 3.63) is 52.7 Å². The van der Waals surface area contributed by atoms with E-state index in [1.807, 2.05) is 0 Å². The predicted molar refractivity (Wildman–Crippen MR) is 76.3 cm³/mol. The Labute approximate surface area is 120 Å². The fourth-order valence-corrected chi connectivity index (χ4v) is 1.75. The van der Waals surface area contributed by atoms with Gasteiger partial charge < -0.3 is 5.32 Å². The Balaban J connectivity index is 2.20. The van der Waals surface area contributed by atoms with Gasteiger partial charge in [-0.05, 0) is 18.2 Å². The molecule has 0 unspecified atom stereocenters. The fourth-order valence-electron chi connectivity index (χ4n) is 1.41. The van der Waals surface area contributed by atoms with E-state index in [-0.39, 0.29) is 16.7 Å². The van der Waals surface area contributed by atoms with Gasteiger partial charge in [0.1, 0.15) is 6.29 Å². The third kappa shape index (κ3) is 3.13. The number of rotatable bonds is 3. The van der Waals surface area contributed by atoms with Gasteiger partial charge in [-0.3, -0.25) is 9.59 Å². The summed E-state index contributed by atoms with van der Waals surface area (Å²) in [6.45, 7) is 0. The molecule has 0 aliphatic rings. The molecule has 1 heterocycles. The second kappa shape index (κ2) is 5.86. The van der Waals surface area contributed by atoms with Gasteiger partial charge >= 0.3 is 0 Å². The van der Waals surface area contributed by atoms with Crippen molar-refractivity contribution in [1.29, 1.82) is 0 Å². The standard InChI is InChI=1S/C13H9ClN2O2S/c14-11-10(19)5-6-15-12(11)16-13(18)9-3-1-8(7-17)2-4-9/h1-7H,(H2,15,16,18,19). The van der Waals surface area contributed by atoms with E-state index in [1.165, 1.54) is 6.20 Å². The zero-order valence-corrected chi connectivity index (χ0v) is 11.3. The number of carbonyl (C=O) groups is 2. The van der Waals surface area contributed by atoms with Crippen LogP contribution in [0.25, 0.3) is 0 Å². The molecule has 0 saturated heterocycles. The molecule has 6 heteroatoms. The van der Waals surface area contributed by atoms with E-state index < -0.39 is 0 Å². The molecule has 0 aliphatic carbocycles. The molecular formula is C13H9ClN2O2S. The SMILES string of the molecule is O=Cc1ccc(C(=O)Nc2nccc(S)c2Cl)cc1. The van der Waals surface area contributed by atoms with Crippen LogP contribution in [-0.4, -0.2) is 17.2 Å². The lowest BCUT2D eigenvalue weighted by atomic mass is 10.1. The molecular weight excluding hydrogens is 284 g/mol. The Kier molecular flexibility index (Phi) is 4.19. The minimum absolute atomic E-state index is 0.249. The van der Waals surface area contributed by atoms with Crippen LogP contribution in [0.2, 0.25) is 5.02 Å². The van der Waals surface area contributed by atoms with Gasteiger partial charge in [-0.1, -0.05) is 23.7 Å². The normalized spacial score (nSPS) is 10.0. The molecule has 0 atom stereocenters. The summed E-state index contributed by atoms with van der Waals surface area (Å²) in [5, 5.41) is 2.87. The number of anilines is 1. The van der Waals surface area contributed by atoms with Gasteiger partial charge in [-0.2, -0.15) is 0 Å². The monoisotopic (exact) mass is 292 g/mol. The lowest BCUT2D eigenvalue weighted by Gasteiger charge is -2.07. The second-order valence-electron chi connectivity index (χ2n) is 3.69. The van der Waals surface area contributed by atoms with Gasteiger partial charge in [0.2, 0.25) is 0 Å². The summed E-state index contributed by atoms with van der Waals surface area (Å²) >= 11 is 10.1. The van der Waals surface area contributed by atoms with Crippen LogP contribution in [0.5, 0.6) is 0 Å². The van der Waals surface area contributed by atoms with Crippen LogP contribution in [0.1, 0.15) is 20.7 Å². The van der Waals surface area contributed by atoms with Gasteiger partial charge in [0.05, 0.1) is 5.02 Å². The minimum atomic E-state index is -0.356. The quantitative estimate of drug-likeness (QED) is 0.675. The molecule has 0 fully saturated rings. The summed E-state index contributed by atoms with van der Waals surface area (Å²) in [4.78, 5) is 27.0. The Bertz CT molecular complexity index is 629. The molecule has 96 valence electrons. The van der Waals surface area contributed by atoms with Crippen LogP contribution in [0, 0.1) is 0 Å². The van der Waals surface area contributed by atoms with Gasteiger partial charge in [0.15, 0.2) is 5.82 Å². The molecule has 2 aromatic rings. The molecule has 0 radical (unpaired) electrons. The molecule has 0 spiro atoms. The summed E-state index contributed by atoms with van der Waals surface area (Å²) in [5.74, 6) is -0.107. The summed E-state index contributed by atoms with van der Waals surface area (Å²) in [5.41, 5.74) is 0.915. The molecule has 1 aromatic heterocycles. The Morgan fingerprint density at radius 2 is 1.95 bits per heavy atom. The lowest BCUT2D eigenvalue weighted by molar-refractivity contribution is 0.102. The fraction of sp³-hybridized carbons (Fsp3) is 0. The summed E-state index contributed by atoms with van der Waals surface area (Å²) in [6.07, 6.45) is 2.21. The predicted octanol–water partition coefficient (Wildman–Crippen LogP) is 3.09. The molecule has 4 nitrogen and oxygen atoms in total. The Morgan fingerprint density at radius 3 is 2.58 bits per heavy atom. The largest absolute Gasteiger partial charge is 0.305 e. The molecule has 19 heavy (non-hydrogen) atoms. The van der Waals surface area contributed by atoms with Gasteiger partial charge in [0.25, 0.3) is 5.91 Å². The van der Waals surface area contributed by atoms with Gasteiger partial charge in [-0.15, -0.1) is 12.6 Å². The third-order valence-corrected chi connectivity index (χ3v) is 3.30. The van der Waals surface area contributed by atoms with Crippen LogP contribution in [-0.2, 0) is 0 Å². The summed E-state index contributed by atoms with van der Waals surface area (Å²) in [6, 6.07) is 7.85. The van der Waals surface area contributed by atoms with Crippen molar-refractivity contribution in [3.8, 4) is 0 Å². The number of hydrogen-bond donors (Lipinski definition) is 2. The van der Waals surface area contributed by atoms with E-state index in [2.05, 4.69) is 22.9 Å². The van der Waals surface area contributed by atoms with E-state index in [4.69, 9.17) is 11.6 Å². The number of benzene rings is 1. The number of nitrogens with zero attached hydrogens (tertiary/aromatic N) is 1. The maximum Gasteiger partial charge on any atom is 0.256 e. The van der Waals surface area contributed by atoms with E-state index in [0.717, 1.165) is 0 Å². The maximum atomic E-state index is 12.0. The van der Waals surface area contributed by atoms with Crippen molar-refractivity contribution in [2.24, 2.45) is 0 Å². The lowest BCUT2D eigenvalue weighted by Crippen LogP contribution is -2.13. The number of thiol groups is 1. The molecule has 0 saturated carbocycles. The zero-order chi connectivity index (χ0) is 13.8. The first-order valence-electron chi connectivity index (χ1n) is 5.32. The number of pyridine rings is 1. The van der Waals surface area contributed by atoms with E-state index in [0.29, 0.717) is 22.3 Å². The number of aldehydes is 1. The van der Waals surface area contributed by atoms with Crippen LogP contribution < -0.4 is 5.32 Å². The van der Waals surface area contributed by atoms with Crippen molar-refractivity contribution < 1.29 is 9.59 Å². The number of hydrogen-bond acceptors (Lipinski definition) is 4. The average molecular weight is 293 g/mol. The molecule has 2 rings (SSSR count). The van der Waals surface area contributed by atoms with E-state index >= 15 is 0 Å². The molecule has 1 N–H and O–H groups in total. The highest BCUT2D eigenvalue weighted by atomic mass is 35.5. The highest BCUT2D eigenvalue weighted by molar-refractivity contribution is 7.80. The second-order valence-corrected chi connectivity index (χ2v) is 4.55. The van der Waals surface area contributed by atoms with Crippen LogP contribution >= 0.6 is 24.2 Å². The molecule has 1 aromatic carbocycles. The van der Waals surface area contributed by atoms with E-state index in [1.54, 1.807) is 30.3 Å². The van der Waals surface area contributed by atoms with Crippen molar-refractivity contribution in [2.45, 2.75) is 4.90 Å².